The number of nitrogens with one attached hydrogen (secondary N) is 1. The van der Waals surface area contributed by atoms with Crippen LogP contribution in [-0.4, -0.2) is 35.7 Å². The molecule has 6 heteroatoms. The van der Waals surface area contributed by atoms with Crippen LogP contribution in [0.2, 0.25) is 0 Å². The highest BCUT2D eigenvalue weighted by atomic mass is 16.6. The average Bonchev–Trinajstić information content (AvgIpc) is 2.84. The van der Waals surface area contributed by atoms with Gasteiger partial charge in [-0.3, -0.25) is 4.90 Å². The standard InChI is InChI=1S/C26H32N2O4/c1-5-20(3)24(27-25(29)31-18-22-13-9-7-10-14-22)17-28(21(4)6-2)26(30)32-19-23-15-11-8-12-16-23/h5-16,20-21,24H,1-2,17-19H2,3-4H3,(H,27,29)/t20-,21-,24+/m0/s1. The van der Waals surface area contributed by atoms with Crippen LogP contribution >= 0.6 is 0 Å². The second-order valence-electron chi connectivity index (χ2n) is 7.58. The molecule has 6 nitrogen and oxygen atoms in total. The van der Waals surface area contributed by atoms with E-state index in [4.69, 9.17) is 9.47 Å². The Bertz CT molecular complexity index is 870. The molecule has 0 aromatic heterocycles. The summed E-state index contributed by atoms with van der Waals surface area (Å²) in [5.41, 5.74) is 1.79. The van der Waals surface area contributed by atoms with Gasteiger partial charge in [0.25, 0.3) is 0 Å². The Labute approximate surface area is 190 Å². The van der Waals surface area contributed by atoms with Crippen molar-refractivity contribution in [3.8, 4) is 0 Å². The van der Waals surface area contributed by atoms with Gasteiger partial charge < -0.3 is 14.8 Å². The maximum Gasteiger partial charge on any atom is 0.410 e. The van der Waals surface area contributed by atoms with E-state index >= 15 is 0 Å². The smallest absolute Gasteiger partial charge is 0.410 e. The van der Waals surface area contributed by atoms with E-state index < -0.39 is 18.2 Å². The van der Waals surface area contributed by atoms with Gasteiger partial charge in [-0.25, -0.2) is 9.59 Å². The molecule has 0 radical (unpaired) electrons. The van der Waals surface area contributed by atoms with Crippen molar-refractivity contribution in [3.63, 3.8) is 0 Å². The molecule has 170 valence electrons. The van der Waals surface area contributed by atoms with Crippen LogP contribution in [0.4, 0.5) is 9.59 Å². The number of hydrogen-bond donors (Lipinski definition) is 1. The van der Waals surface area contributed by atoms with Crippen molar-refractivity contribution in [1.29, 1.82) is 0 Å². The van der Waals surface area contributed by atoms with Gasteiger partial charge in [0.2, 0.25) is 0 Å². The van der Waals surface area contributed by atoms with E-state index in [1.165, 1.54) is 4.90 Å². The first kappa shape index (κ1) is 24.7. The summed E-state index contributed by atoms with van der Waals surface area (Å²) in [5, 5.41) is 2.86. The lowest BCUT2D eigenvalue weighted by atomic mass is 10.0. The van der Waals surface area contributed by atoms with E-state index in [9.17, 15) is 9.59 Å². The third kappa shape index (κ3) is 7.95. The summed E-state index contributed by atoms with van der Waals surface area (Å²) in [7, 11) is 0. The lowest BCUT2D eigenvalue weighted by Gasteiger charge is -2.32. The molecule has 0 aliphatic carbocycles. The quantitative estimate of drug-likeness (QED) is 0.484. The van der Waals surface area contributed by atoms with Gasteiger partial charge in [-0.05, 0) is 24.0 Å². The Hall–Kier alpha value is -3.54. The maximum absolute atomic E-state index is 12.8. The van der Waals surface area contributed by atoms with E-state index in [1.54, 1.807) is 12.2 Å². The fourth-order valence-corrected chi connectivity index (χ4v) is 2.97. The van der Waals surface area contributed by atoms with Gasteiger partial charge in [-0.15, -0.1) is 13.2 Å². The molecule has 0 saturated carbocycles. The van der Waals surface area contributed by atoms with Gasteiger partial charge in [0.05, 0.1) is 12.1 Å². The molecule has 3 atom stereocenters. The zero-order chi connectivity index (χ0) is 23.3. The number of ether oxygens (including phenoxy) is 2. The molecule has 0 spiro atoms. The van der Waals surface area contributed by atoms with Crippen molar-refractivity contribution in [3.05, 3.63) is 97.1 Å². The molecule has 32 heavy (non-hydrogen) atoms. The summed E-state index contributed by atoms with van der Waals surface area (Å²) in [5.74, 6) is -0.110. The number of amides is 2. The predicted molar refractivity (Wildman–Crippen MR) is 126 cm³/mol. The van der Waals surface area contributed by atoms with Crippen molar-refractivity contribution < 1.29 is 19.1 Å². The molecule has 0 fully saturated rings. The minimum Gasteiger partial charge on any atom is -0.445 e. The maximum atomic E-state index is 12.8. The molecule has 2 rings (SSSR count). The number of rotatable bonds is 11. The van der Waals surface area contributed by atoms with Crippen LogP contribution in [0.1, 0.15) is 25.0 Å². The fraction of sp³-hybridized carbons (Fsp3) is 0.308. The molecule has 0 bridgehead atoms. The zero-order valence-electron chi connectivity index (χ0n) is 18.8. The van der Waals surface area contributed by atoms with Gasteiger partial charge in [0.15, 0.2) is 0 Å². The summed E-state index contributed by atoms with van der Waals surface area (Å²) in [6.07, 6.45) is 2.35. The molecule has 2 amide bonds. The van der Waals surface area contributed by atoms with Crippen molar-refractivity contribution in [2.45, 2.75) is 39.1 Å². The lowest BCUT2D eigenvalue weighted by Crippen LogP contribution is -2.51. The second-order valence-corrected chi connectivity index (χ2v) is 7.58. The van der Waals surface area contributed by atoms with Gasteiger partial charge >= 0.3 is 12.2 Å². The summed E-state index contributed by atoms with van der Waals surface area (Å²) in [6.45, 7) is 11.9. The minimum absolute atomic E-state index is 0.110. The van der Waals surface area contributed by atoms with E-state index in [2.05, 4.69) is 18.5 Å². The van der Waals surface area contributed by atoms with Crippen LogP contribution in [0.5, 0.6) is 0 Å². The number of nitrogens with zero attached hydrogens (tertiary/aromatic N) is 1. The van der Waals surface area contributed by atoms with Gasteiger partial charge in [-0.2, -0.15) is 0 Å². The zero-order valence-corrected chi connectivity index (χ0v) is 18.8. The van der Waals surface area contributed by atoms with Crippen molar-refractivity contribution >= 4 is 12.2 Å². The van der Waals surface area contributed by atoms with Crippen molar-refractivity contribution in [1.82, 2.24) is 10.2 Å². The van der Waals surface area contributed by atoms with Crippen molar-refractivity contribution in [2.75, 3.05) is 6.54 Å². The molecule has 0 aliphatic heterocycles. The van der Waals surface area contributed by atoms with Gasteiger partial charge in [0, 0.05) is 6.54 Å². The van der Waals surface area contributed by atoms with Gasteiger partial charge in [0.1, 0.15) is 13.2 Å². The number of carbonyl (C=O) groups excluding carboxylic acids is 2. The Kier molecular flexibility index (Phi) is 10.0. The fourth-order valence-electron chi connectivity index (χ4n) is 2.97. The number of alkyl carbamates (subject to hydrolysis) is 1. The normalized spacial score (nSPS) is 13.2. The van der Waals surface area contributed by atoms with E-state index in [0.717, 1.165) is 11.1 Å². The third-order valence-corrected chi connectivity index (χ3v) is 5.19. The first-order valence-corrected chi connectivity index (χ1v) is 10.6. The lowest BCUT2D eigenvalue weighted by molar-refractivity contribution is 0.0811. The summed E-state index contributed by atoms with van der Waals surface area (Å²) < 4.78 is 10.9. The Morgan fingerprint density at radius 1 is 0.906 bits per heavy atom. The second kappa shape index (κ2) is 13.0. The van der Waals surface area contributed by atoms with Gasteiger partial charge in [-0.1, -0.05) is 79.7 Å². The first-order chi connectivity index (χ1) is 15.4. The molecule has 0 heterocycles. The van der Waals surface area contributed by atoms with E-state index in [0.29, 0.717) is 0 Å². The predicted octanol–water partition coefficient (Wildman–Crippen LogP) is 5.32. The van der Waals surface area contributed by atoms with Crippen LogP contribution in [0.3, 0.4) is 0 Å². The number of hydrogen-bond acceptors (Lipinski definition) is 4. The average molecular weight is 437 g/mol. The Balaban J connectivity index is 2.02. The van der Waals surface area contributed by atoms with Crippen molar-refractivity contribution in [2.24, 2.45) is 5.92 Å². The molecular formula is C26H32N2O4. The summed E-state index contributed by atoms with van der Waals surface area (Å²) in [4.78, 5) is 26.8. The third-order valence-electron chi connectivity index (χ3n) is 5.19. The largest absolute Gasteiger partial charge is 0.445 e. The summed E-state index contributed by atoms with van der Waals surface area (Å²) >= 11 is 0. The molecule has 2 aromatic rings. The minimum atomic E-state index is -0.559. The monoisotopic (exact) mass is 436 g/mol. The van der Waals surface area contributed by atoms with Crippen LogP contribution in [-0.2, 0) is 22.7 Å². The molecular weight excluding hydrogens is 404 g/mol. The van der Waals surface area contributed by atoms with E-state index in [1.807, 2.05) is 74.5 Å². The highest BCUT2D eigenvalue weighted by Gasteiger charge is 2.27. The Morgan fingerprint density at radius 3 is 1.94 bits per heavy atom. The first-order valence-electron chi connectivity index (χ1n) is 10.6. The Morgan fingerprint density at radius 2 is 1.44 bits per heavy atom. The van der Waals surface area contributed by atoms with Crippen LogP contribution < -0.4 is 5.32 Å². The van der Waals surface area contributed by atoms with Crippen LogP contribution in [0.25, 0.3) is 0 Å². The molecule has 0 saturated heterocycles. The highest BCUT2D eigenvalue weighted by molar-refractivity contribution is 5.70. The SMILES string of the molecule is C=C[C@H](C)[C@@H](CN(C(=O)OCc1ccccc1)[C@@H](C)C=C)NC(=O)OCc1ccccc1. The highest BCUT2D eigenvalue weighted by Crippen LogP contribution is 2.13. The molecule has 0 unspecified atom stereocenters. The molecule has 2 aromatic carbocycles. The number of benzene rings is 2. The number of carbonyl (C=O) groups is 2. The van der Waals surface area contributed by atoms with Crippen LogP contribution in [0, 0.1) is 5.92 Å². The summed E-state index contributed by atoms with van der Waals surface area (Å²) in [6, 6.07) is 18.2. The van der Waals surface area contributed by atoms with Crippen LogP contribution in [0.15, 0.2) is 86.0 Å². The molecule has 0 aliphatic rings. The molecule has 1 N–H and O–H groups in total. The van der Waals surface area contributed by atoms with E-state index in [-0.39, 0.29) is 31.7 Å². The topological polar surface area (TPSA) is 67.9 Å².